The number of carbonyl (C=O) groups is 3. The molecule has 0 aromatic carbocycles. The van der Waals surface area contributed by atoms with Gasteiger partial charge >= 0.3 is 5.97 Å². The maximum Gasteiger partial charge on any atom is 0.307 e. The highest BCUT2D eigenvalue weighted by Gasteiger charge is 2.32. The fourth-order valence-electron chi connectivity index (χ4n) is 1.77. The number of Topliss-reactive ketones (excluding diaryl/α,β-unsaturated/α-hetero) is 1. The number of thiazole rings is 1. The zero-order valence-electron chi connectivity index (χ0n) is 9.73. The van der Waals surface area contributed by atoms with Gasteiger partial charge in [0.1, 0.15) is 0 Å². The third-order valence-corrected chi connectivity index (χ3v) is 3.79. The highest BCUT2D eigenvalue weighted by molar-refractivity contribution is 7.17. The van der Waals surface area contributed by atoms with Gasteiger partial charge in [-0.15, -0.1) is 0 Å². The molecule has 0 aliphatic heterocycles. The molecule has 7 heteroatoms. The van der Waals surface area contributed by atoms with E-state index in [1.54, 1.807) is 6.92 Å². The number of rotatable bonds is 3. The molecule has 1 aromatic heterocycles. The Balaban J connectivity index is 2.23. The number of aliphatic carboxylic acids is 1. The van der Waals surface area contributed by atoms with Gasteiger partial charge in [-0.25, -0.2) is 4.98 Å². The third-order valence-electron chi connectivity index (χ3n) is 2.74. The first-order chi connectivity index (χ1) is 8.51. The zero-order valence-corrected chi connectivity index (χ0v) is 10.5. The summed E-state index contributed by atoms with van der Waals surface area (Å²) in [5.74, 6) is -2.08. The van der Waals surface area contributed by atoms with Crippen molar-refractivity contribution >= 4 is 34.1 Å². The molecule has 2 N–H and O–H groups in total. The maximum absolute atomic E-state index is 11.8. The van der Waals surface area contributed by atoms with Gasteiger partial charge < -0.3 is 10.4 Å². The van der Waals surface area contributed by atoms with Crippen LogP contribution in [0.25, 0.3) is 0 Å². The molecular formula is C11H12N2O4S. The van der Waals surface area contributed by atoms with E-state index in [2.05, 4.69) is 10.3 Å². The van der Waals surface area contributed by atoms with Crippen LogP contribution in [0.15, 0.2) is 0 Å². The number of carbonyl (C=O) groups excluding carboxylic acids is 2. The predicted octanol–water partition coefficient (Wildman–Crippen LogP) is 1.32. The summed E-state index contributed by atoms with van der Waals surface area (Å²) in [6, 6.07) is 0. The number of aromatic nitrogens is 1. The van der Waals surface area contributed by atoms with Crippen molar-refractivity contribution < 1.29 is 19.5 Å². The molecule has 1 aromatic rings. The van der Waals surface area contributed by atoms with Crippen LogP contribution in [0.5, 0.6) is 0 Å². The monoisotopic (exact) mass is 268 g/mol. The summed E-state index contributed by atoms with van der Waals surface area (Å²) in [4.78, 5) is 38.5. The fourth-order valence-corrected chi connectivity index (χ4v) is 2.72. The lowest BCUT2D eigenvalue weighted by atomic mass is 9.90. The van der Waals surface area contributed by atoms with Gasteiger partial charge in [0.05, 0.1) is 16.5 Å². The van der Waals surface area contributed by atoms with Crippen LogP contribution >= 0.6 is 11.3 Å². The maximum atomic E-state index is 11.8. The van der Waals surface area contributed by atoms with E-state index >= 15 is 0 Å². The minimum absolute atomic E-state index is 0.00565. The SMILES string of the molecule is CCC(=O)Nc1nc2c(s1)C(=O)C[C@H](C(=O)O)C2. The molecule has 1 heterocycles. The van der Waals surface area contributed by atoms with Crippen molar-refractivity contribution in [3.63, 3.8) is 0 Å². The van der Waals surface area contributed by atoms with Gasteiger partial charge in [0.15, 0.2) is 10.9 Å². The van der Waals surface area contributed by atoms with Crippen LogP contribution in [0.2, 0.25) is 0 Å². The molecule has 2 rings (SSSR count). The van der Waals surface area contributed by atoms with Crippen molar-refractivity contribution in [3.8, 4) is 0 Å². The van der Waals surface area contributed by atoms with Gasteiger partial charge in [0.25, 0.3) is 0 Å². The van der Waals surface area contributed by atoms with Crippen molar-refractivity contribution in [2.45, 2.75) is 26.2 Å². The van der Waals surface area contributed by atoms with Gasteiger partial charge in [-0.1, -0.05) is 18.3 Å². The number of hydrogen-bond donors (Lipinski definition) is 2. The standard InChI is InChI=1S/C11H12N2O4S/c1-2-8(15)13-11-12-6-3-5(10(16)17)4-7(14)9(6)18-11/h5H,2-4H2,1H3,(H,16,17)(H,12,13,15)/t5-/m1/s1. The van der Waals surface area contributed by atoms with E-state index in [9.17, 15) is 14.4 Å². The lowest BCUT2D eigenvalue weighted by molar-refractivity contribution is -0.141. The molecule has 1 aliphatic carbocycles. The number of amides is 1. The molecule has 0 saturated carbocycles. The Kier molecular flexibility index (Phi) is 3.42. The average Bonchev–Trinajstić information content (AvgIpc) is 2.71. The number of carboxylic acid groups (broad SMARTS) is 1. The fraction of sp³-hybridized carbons (Fsp3) is 0.455. The lowest BCUT2D eigenvalue weighted by Gasteiger charge is -2.15. The van der Waals surface area contributed by atoms with Crippen LogP contribution in [0.3, 0.4) is 0 Å². The van der Waals surface area contributed by atoms with Crippen LogP contribution < -0.4 is 5.32 Å². The molecule has 96 valence electrons. The second kappa shape index (κ2) is 4.85. The lowest BCUT2D eigenvalue weighted by Crippen LogP contribution is -2.25. The smallest absolute Gasteiger partial charge is 0.307 e. The largest absolute Gasteiger partial charge is 0.481 e. The van der Waals surface area contributed by atoms with E-state index in [1.165, 1.54) is 0 Å². The van der Waals surface area contributed by atoms with Crippen molar-refractivity contribution in [2.24, 2.45) is 5.92 Å². The van der Waals surface area contributed by atoms with E-state index in [-0.39, 0.29) is 24.5 Å². The molecule has 1 atom stereocenters. The molecule has 18 heavy (non-hydrogen) atoms. The van der Waals surface area contributed by atoms with Crippen LogP contribution in [0.1, 0.15) is 35.1 Å². The quantitative estimate of drug-likeness (QED) is 0.861. The van der Waals surface area contributed by atoms with E-state index in [0.29, 0.717) is 22.1 Å². The number of hydrogen-bond acceptors (Lipinski definition) is 5. The summed E-state index contributed by atoms with van der Waals surface area (Å²) in [5.41, 5.74) is 0.482. The van der Waals surface area contributed by atoms with Crippen LogP contribution in [-0.2, 0) is 16.0 Å². The number of anilines is 1. The first-order valence-corrected chi connectivity index (χ1v) is 6.38. The summed E-state index contributed by atoms with van der Waals surface area (Å²) in [5, 5.41) is 11.9. The number of ketones is 1. The molecular weight excluding hydrogens is 256 g/mol. The van der Waals surface area contributed by atoms with Crippen molar-refractivity contribution in [2.75, 3.05) is 5.32 Å². The van der Waals surface area contributed by atoms with Gasteiger partial charge in [-0.05, 0) is 0 Å². The second-order valence-electron chi connectivity index (χ2n) is 4.06. The second-order valence-corrected chi connectivity index (χ2v) is 5.06. The van der Waals surface area contributed by atoms with Gasteiger partial charge in [0, 0.05) is 19.3 Å². The highest BCUT2D eigenvalue weighted by atomic mass is 32.1. The zero-order chi connectivity index (χ0) is 13.3. The summed E-state index contributed by atoms with van der Waals surface area (Å²) in [7, 11) is 0. The number of carboxylic acids is 1. The third kappa shape index (κ3) is 2.40. The predicted molar refractivity (Wildman–Crippen MR) is 64.8 cm³/mol. The summed E-state index contributed by atoms with van der Waals surface area (Å²) in [6.07, 6.45) is 0.580. The molecule has 0 fully saturated rings. The Morgan fingerprint density at radius 3 is 2.83 bits per heavy atom. The first kappa shape index (κ1) is 12.7. The molecule has 0 saturated heterocycles. The molecule has 0 spiro atoms. The van der Waals surface area contributed by atoms with Crippen molar-refractivity contribution in [1.29, 1.82) is 0 Å². The van der Waals surface area contributed by atoms with E-state index in [0.717, 1.165) is 11.3 Å². The van der Waals surface area contributed by atoms with E-state index in [1.807, 2.05) is 0 Å². The van der Waals surface area contributed by atoms with Crippen LogP contribution in [0, 0.1) is 5.92 Å². The molecule has 1 amide bonds. The molecule has 0 radical (unpaired) electrons. The Hall–Kier alpha value is -1.76. The molecule has 6 nitrogen and oxygen atoms in total. The van der Waals surface area contributed by atoms with E-state index < -0.39 is 11.9 Å². The Labute approximate surface area is 107 Å². The summed E-state index contributed by atoms with van der Waals surface area (Å²) < 4.78 is 0. The molecule has 1 aliphatic rings. The van der Waals surface area contributed by atoms with Crippen LogP contribution in [-0.4, -0.2) is 27.8 Å². The Bertz CT molecular complexity index is 523. The minimum atomic E-state index is -0.985. The van der Waals surface area contributed by atoms with E-state index in [4.69, 9.17) is 5.11 Å². The molecule has 0 bridgehead atoms. The summed E-state index contributed by atoms with van der Waals surface area (Å²) in [6.45, 7) is 1.72. The number of nitrogens with zero attached hydrogens (tertiary/aromatic N) is 1. The first-order valence-electron chi connectivity index (χ1n) is 5.56. The highest BCUT2D eigenvalue weighted by Crippen LogP contribution is 2.32. The normalized spacial score (nSPS) is 18.3. The average molecular weight is 268 g/mol. The number of nitrogens with one attached hydrogen (secondary N) is 1. The number of fused-ring (bicyclic) bond motifs is 1. The molecule has 0 unspecified atom stereocenters. The Morgan fingerprint density at radius 1 is 1.50 bits per heavy atom. The summed E-state index contributed by atoms with van der Waals surface area (Å²) >= 11 is 1.12. The van der Waals surface area contributed by atoms with Crippen LogP contribution in [0.4, 0.5) is 5.13 Å². The minimum Gasteiger partial charge on any atom is -0.481 e. The Morgan fingerprint density at radius 2 is 2.22 bits per heavy atom. The topological polar surface area (TPSA) is 96.4 Å². The van der Waals surface area contributed by atoms with Crippen molar-refractivity contribution in [1.82, 2.24) is 4.98 Å². The van der Waals surface area contributed by atoms with Gasteiger partial charge in [-0.3, -0.25) is 14.4 Å². The van der Waals surface area contributed by atoms with Crippen molar-refractivity contribution in [3.05, 3.63) is 10.6 Å². The van der Waals surface area contributed by atoms with Gasteiger partial charge in [-0.2, -0.15) is 0 Å². The van der Waals surface area contributed by atoms with Gasteiger partial charge in [0.2, 0.25) is 5.91 Å².